The fourth-order valence-electron chi connectivity index (χ4n) is 3.94. The Morgan fingerprint density at radius 1 is 0.889 bits per heavy atom. The number of hydrogen-bond acceptors (Lipinski definition) is 3. The molecule has 2 aromatic carbocycles. The van der Waals surface area contributed by atoms with Crippen molar-refractivity contribution in [2.24, 2.45) is 0 Å². The molecule has 0 spiro atoms. The van der Waals surface area contributed by atoms with Crippen molar-refractivity contribution < 1.29 is 0 Å². The summed E-state index contributed by atoms with van der Waals surface area (Å²) in [5.41, 5.74) is 4.97. The molecule has 0 aliphatic carbocycles. The van der Waals surface area contributed by atoms with Crippen LogP contribution in [0.4, 0.5) is 5.95 Å². The van der Waals surface area contributed by atoms with Gasteiger partial charge in [0.25, 0.3) is 0 Å². The van der Waals surface area contributed by atoms with Gasteiger partial charge in [0.2, 0.25) is 5.95 Å². The molecule has 3 aromatic rings. The third kappa shape index (κ3) is 4.33. The normalized spacial score (nSPS) is 15.3. The van der Waals surface area contributed by atoms with Crippen molar-refractivity contribution in [2.75, 3.05) is 25.0 Å². The van der Waals surface area contributed by atoms with Crippen molar-refractivity contribution in [1.29, 1.82) is 0 Å². The molecule has 0 bridgehead atoms. The smallest absolute Gasteiger partial charge is 0.204 e. The Kier molecular flexibility index (Phi) is 5.73. The van der Waals surface area contributed by atoms with Gasteiger partial charge in [0, 0.05) is 19.6 Å². The van der Waals surface area contributed by atoms with Crippen LogP contribution in [0.15, 0.2) is 48.5 Å². The van der Waals surface area contributed by atoms with E-state index in [0.29, 0.717) is 0 Å². The summed E-state index contributed by atoms with van der Waals surface area (Å²) in [6.07, 6.45) is 5.14. The fourth-order valence-corrected chi connectivity index (χ4v) is 3.94. The van der Waals surface area contributed by atoms with E-state index in [1.165, 1.54) is 49.0 Å². The quantitative estimate of drug-likeness (QED) is 0.661. The highest BCUT2D eigenvalue weighted by Gasteiger charge is 2.14. The number of fused-ring (bicyclic) bond motifs is 1. The molecule has 1 N–H and O–H groups in total. The third-order valence-electron chi connectivity index (χ3n) is 5.62. The molecule has 142 valence electrons. The van der Waals surface area contributed by atoms with Gasteiger partial charge in [-0.25, -0.2) is 4.98 Å². The summed E-state index contributed by atoms with van der Waals surface area (Å²) in [4.78, 5) is 7.45. The molecule has 2 heterocycles. The van der Waals surface area contributed by atoms with Crippen LogP contribution in [0.2, 0.25) is 0 Å². The monoisotopic (exact) mass is 362 g/mol. The zero-order valence-electron chi connectivity index (χ0n) is 16.3. The van der Waals surface area contributed by atoms with Gasteiger partial charge in [-0.2, -0.15) is 0 Å². The molecule has 0 unspecified atom stereocenters. The van der Waals surface area contributed by atoms with E-state index in [-0.39, 0.29) is 0 Å². The number of aromatic nitrogens is 2. The second-order valence-electron chi connectivity index (χ2n) is 7.50. The largest absolute Gasteiger partial charge is 0.352 e. The number of likely N-dealkylation sites (tertiary alicyclic amines) is 1. The lowest BCUT2D eigenvalue weighted by Crippen LogP contribution is -2.32. The average molecular weight is 363 g/mol. The van der Waals surface area contributed by atoms with Crippen molar-refractivity contribution in [3.05, 3.63) is 59.7 Å². The standard InChI is InChI=1S/C23H30N4/c1-2-19-10-12-20(13-11-19)18-24-23-25-21-8-4-5-9-22(21)27(23)17-16-26-14-6-3-7-15-26/h4-5,8-13H,2-3,6-7,14-18H2,1H3,(H,24,25). The van der Waals surface area contributed by atoms with Crippen LogP contribution in [0.1, 0.15) is 37.3 Å². The van der Waals surface area contributed by atoms with Gasteiger partial charge in [-0.3, -0.25) is 0 Å². The number of aryl methyl sites for hydroxylation is 1. The molecule has 1 fully saturated rings. The number of nitrogens with zero attached hydrogens (tertiary/aromatic N) is 3. The molecule has 1 aromatic heterocycles. The van der Waals surface area contributed by atoms with E-state index in [1.54, 1.807) is 0 Å². The predicted octanol–water partition coefficient (Wildman–Crippen LogP) is 4.70. The molecule has 27 heavy (non-hydrogen) atoms. The van der Waals surface area contributed by atoms with Crippen molar-refractivity contribution in [3.63, 3.8) is 0 Å². The Bertz CT molecular complexity index is 860. The van der Waals surface area contributed by atoms with Crippen LogP contribution >= 0.6 is 0 Å². The summed E-state index contributed by atoms with van der Waals surface area (Å²) in [5.74, 6) is 0.979. The first kappa shape index (κ1) is 18.1. The van der Waals surface area contributed by atoms with Crippen LogP contribution in [0.3, 0.4) is 0 Å². The minimum Gasteiger partial charge on any atom is -0.352 e. The molecule has 4 nitrogen and oxygen atoms in total. The van der Waals surface area contributed by atoms with Crippen LogP contribution in [0.5, 0.6) is 0 Å². The Labute approximate surface area is 162 Å². The van der Waals surface area contributed by atoms with Crippen molar-refractivity contribution in [3.8, 4) is 0 Å². The molecule has 0 atom stereocenters. The molecule has 4 heteroatoms. The Morgan fingerprint density at radius 2 is 1.63 bits per heavy atom. The molecule has 0 amide bonds. The highest BCUT2D eigenvalue weighted by molar-refractivity contribution is 5.78. The number of piperidine rings is 1. The number of anilines is 1. The second-order valence-corrected chi connectivity index (χ2v) is 7.50. The van der Waals surface area contributed by atoms with Crippen LogP contribution in [0.25, 0.3) is 11.0 Å². The zero-order valence-corrected chi connectivity index (χ0v) is 16.3. The summed E-state index contributed by atoms with van der Waals surface area (Å²) in [5, 5.41) is 3.58. The molecule has 0 saturated carbocycles. The Morgan fingerprint density at radius 3 is 2.41 bits per heavy atom. The van der Waals surface area contributed by atoms with Gasteiger partial charge in [-0.15, -0.1) is 0 Å². The van der Waals surface area contributed by atoms with Gasteiger partial charge in [0.05, 0.1) is 11.0 Å². The van der Waals surface area contributed by atoms with Crippen LogP contribution in [0, 0.1) is 0 Å². The highest BCUT2D eigenvalue weighted by atomic mass is 15.2. The first-order valence-corrected chi connectivity index (χ1v) is 10.3. The lowest BCUT2D eigenvalue weighted by molar-refractivity contribution is 0.222. The summed E-state index contributed by atoms with van der Waals surface area (Å²) in [6.45, 7) is 7.55. The van der Waals surface area contributed by atoms with Gasteiger partial charge in [-0.1, -0.05) is 49.7 Å². The number of hydrogen-bond donors (Lipinski definition) is 1. The number of imidazole rings is 1. The van der Waals surface area contributed by atoms with E-state index < -0.39 is 0 Å². The van der Waals surface area contributed by atoms with Gasteiger partial charge in [0.15, 0.2) is 0 Å². The average Bonchev–Trinajstić information content (AvgIpc) is 3.09. The second kappa shape index (κ2) is 8.57. The van der Waals surface area contributed by atoms with E-state index in [1.807, 2.05) is 0 Å². The maximum absolute atomic E-state index is 4.86. The topological polar surface area (TPSA) is 33.1 Å². The summed E-state index contributed by atoms with van der Waals surface area (Å²) in [7, 11) is 0. The van der Waals surface area contributed by atoms with Crippen molar-refractivity contribution in [2.45, 2.75) is 45.7 Å². The molecule has 0 radical (unpaired) electrons. The summed E-state index contributed by atoms with van der Waals surface area (Å²) < 4.78 is 2.35. The Hall–Kier alpha value is -2.33. The first-order valence-electron chi connectivity index (χ1n) is 10.3. The lowest BCUT2D eigenvalue weighted by Gasteiger charge is -2.26. The van der Waals surface area contributed by atoms with Gasteiger partial charge >= 0.3 is 0 Å². The number of para-hydroxylation sites is 2. The van der Waals surface area contributed by atoms with E-state index in [2.05, 4.69) is 70.2 Å². The molecule has 4 rings (SSSR count). The molecule has 1 aliphatic heterocycles. The molecule has 1 saturated heterocycles. The van der Waals surface area contributed by atoms with E-state index in [0.717, 1.165) is 37.5 Å². The maximum atomic E-state index is 4.86. The fraction of sp³-hybridized carbons (Fsp3) is 0.435. The predicted molar refractivity (Wildman–Crippen MR) is 113 cm³/mol. The van der Waals surface area contributed by atoms with E-state index >= 15 is 0 Å². The SMILES string of the molecule is CCc1ccc(CNc2nc3ccccc3n2CCN2CCCCC2)cc1. The zero-order chi connectivity index (χ0) is 18.5. The molecular weight excluding hydrogens is 332 g/mol. The van der Waals surface area contributed by atoms with Crippen molar-refractivity contribution >= 4 is 17.0 Å². The minimum atomic E-state index is 0.803. The van der Waals surface area contributed by atoms with Crippen molar-refractivity contribution in [1.82, 2.24) is 14.5 Å². The number of benzene rings is 2. The third-order valence-corrected chi connectivity index (χ3v) is 5.62. The van der Waals surface area contributed by atoms with Crippen LogP contribution in [-0.2, 0) is 19.5 Å². The van der Waals surface area contributed by atoms with E-state index in [9.17, 15) is 0 Å². The van der Waals surface area contributed by atoms with E-state index in [4.69, 9.17) is 4.98 Å². The number of nitrogens with one attached hydrogen (secondary N) is 1. The maximum Gasteiger partial charge on any atom is 0.204 e. The Balaban J connectivity index is 1.49. The van der Waals surface area contributed by atoms with Gasteiger partial charge < -0.3 is 14.8 Å². The van der Waals surface area contributed by atoms with Gasteiger partial charge in [-0.05, 0) is 55.6 Å². The van der Waals surface area contributed by atoms with Gasteiger partial charge in [0.1, 0.15) is 0 Å². The lowest BCUT2D eigenvalue weighted by atomic mass is 10.1. The molecular formula is C23H30N4. The molecule has 1 aliphatic rings. The summed E-state index contributed by atoms with van der Waals surface area (Å²) >= 11 is 0. The summed E-state index contributed by atoms with van der Waals surface area (Å²) in [6, 6.07) is 17.3. The highest BCUT2D eigenvalue weighted by Crippen LogP contribution is 2.21. The van der Waals surface area contributed by atoms with Crippen LogP contribution in [-0.4, -0.2) is 34.1 Å². The van der Waals surface area contributed by atoms with Crippen LogP contribution < -0.4 is 5.32 Å². The minimum absolute atomic E-state index is 0.803. The number of rotatable bonds is 7. The first-order chi connectivity index (χ1) is 13.3.